The summed E-state index contributed by atoms with van der Waals surface area (Å²) in [6.45, 7) is -0.900. The van der Waals surface area contributed by atoms with Crippen molar-refractivity contribution in [2.45, 2.75) is 6.04 Å². The van der Waals surface area contributed by atoms with E-state index in [1.807, 2.05) is 0 Å². The maximum Gasteiger partial charge on any atom is 0.417 e. The first-order chi connectivity index (χ1) is 9.02. The molecule has 0 saturated carbocycles. The van der Waals surface area contributed by atoms with Gasteiger partial charge in [-0.3, -0.25) is 4.79 Å². The smallest absolute Gasteiger partial charge is 0.417 e. The summed E-state index contributed by atoms with van der Waals surface area (Å²) >= 11 is 0. The first-order valence-electron chi connectivity index (χ1n) is 5.33. The van der Waals surface area contributed by atoms with Crippen molar-refractivity contribution in [1.29, 1.82) is 0 Å². The van der Waals surface area contributed by atoms with E-state index in [9.17, 15) is 14.4 Å². The lowest BCUT2D eigenvalue weighted by Gasteiger charge is -2.24. The Hall–Kier alpha value is -2.41. The molecular formula is C12H13NO6. The third-order valence-electron chi connectivity index (χ3n) is 2.38. The topological polar surface area (TPSA) is 104 Å². The number of carbonyl (C=O) groups is 3. The van der Waals surface area contributed by atoms with E-state index < -0.39 is 30.6 Å². The third-order valence-corrected chi connectivity index (χ3v) is 2.38. The summed E-state index contributed by atoms with van der Waals surface area (Å²) in [5, 5.41) is 17.9. The zero-order valence-electron chi connectivity index (χ0n) is 10.1. The number of carboxylic acids is 1. The maximum absolute atomic E-state index is 12.1. The third kappa shape index (κ3) is 3.29. The van der Waals surface area contributed by atoms with Gasteiger partial charge in [-0.15, -0.1) is 0 Å². The van der Waals surface area contributed by atoms with Crippen LogP contribution in [0.2, 0.25) is 0 Å². The Morgan fingerprint density at radius 3 is 2.26 bits per heavy atom. The molecule has 0 radical (unpaired) electrons. The van der Waals surface area contributed by atoms with Crippen LogP contribution in [-0.4, -0.2) is 52.8 Å². The van der Waals surface area contributed by atoms with Crippen molar-refractivity contribution in [2.24, 2.45) is 0 Å². The Balaban J connectivity index is 3.14. The Morgan fingerprint density at radius 2 is 1.84 bits per heavy atom. The van der Waals surface area contributed by atoms with E-state index in [-0.39, 0.29) is 5.56 Å². The average molecular weight is 267 g/mol. The minimum Gasteiger partial charge on any atom is -0.480 e. The van der Waals surface area contributed by atoms with Crippen LogP contribution < -0.4 is 0 Å². The fourth-order valence-electron chi connectivity index (χ4n) is 1.44. The van der Waals surface area contributed by atoms with E-state index in [0.29, 0.717) is 4.90 Å². The lowest BCUT2D eigenvalue weighted by molar-refractivity contribution is -0.143. The van der Waals surface area contributed by atoms with E-state index in [1.54, 1.807) is 18.2 Å². The van der Waals surface area contributed by atoms with Gasteiger partial charge < -0.3 is 14.9 Å². The molecule has 1 atom stereocenters. The Kier molecular flexibility index (Phi) is 5.01. The Bertz CT molecular complexity index is 472. The van der Waals surface area contributed by atoms with E-state index in [4.69, 9.17) is 10.2 Å². The molecule has 0 aromatic heterocycles. The van der Waals surface area contributed by atoms with Crippen LogP contribution in [0.5, 0.6) is 0 Å². The summed E-state index contributed by atoms with van der Waals surface area (Å²) in [7, 11) is 1.02. The van der Waals surface area contributed by atoms with Crippen LogP contribution in [0.1, 0.15) is 10.4 Å². The first-order valence-corrected chi connectivity index (χ1v) is 5.33. The standard InChI is InChI=1S/C12H13NO6/c1-19-12(18)13(9(7-14)11(16)17)10(15)8-5-3-2-4-6-8/h2-6,9,14H,7H2,1H3,(H,16,17). The number of carboxylic acid groups (broad SMARTS) is 1. The van der Waals surface area contributed by atoms with E-state index in [0.717, 1.165) is 7.11 Å². The van der Waals surface area contributed by atoms with Gasteiger partial charge in [-0.25, -0.2) is 14.5 Å². The highest BCUT2D eigenvalue weighted by Crippen LogP contribution is 2.10. The van der Waals surface area contributed by atoms with Crippen molar-refractivity contribution in [3.63, 3.8) is 0 Å². The Morgan fingerprint density at radius 1 is 1.26 bits per heavy atom. The van der Waals surface area contributed by atoms with Crippen molar-refractivity contribution in [3.8, 4) is 0 Å². The van der Waals surface area contributed by atoms with Gasteiger partial charge in [-0.2, -0.15) is 0 Å². The quantitative estimate of drug-likeness (QED) is 0.815. The van der Waals surface area contributed by atoms with Crippen LogP contribution in [-0.2, 0) is 9.53 Å². The SMILES string of the molecule is COC(=O)N(C(=O)c1ccccc1)C(CO)C(=O)O. The predicted octanol–water partition coefficient (Wildman–Crippen LogP) is 0.341. The molecule has 2 amide bonds. The summed E-state index contributed by atoms with van der Waals surface area (Å²) in [5.41, 5.74) is 0.118. The summed E-state index contributed by atoms with van der Waals surface area (Å²) in [6.07, 6.45) is -1.14. The minimum atomic E-state index is -1.69. The van der Waals surface area contributed by atoms with Gasteiger partial charge in [0.15, 0.2) is 6.04 Å². The van der Waals surface area contributed by atoms with Gasteiger partial charge in [-0.1, -0.05) is 18.2 Å². The maximum atomic E-state index is 12.1. The minimum absolute atomic E-state index is 0.118. The molecule has 0 heterocycles. The summed E-state index contributed by atoms with van der Waals surface area (Å²) in [5.74, 6) is -2.36. The van der Waals surface area contributed by atoms with E-state index in [2.05, 4.69) is 4.74 Å². The van der Waals surface area contributed by atoms with Crippen LogP contribution in [0, 0.1) is 0 Å². The second-order valence-electron chi connectivity index (χ2n) is 3.55. The van der Waals surface area contributed by atoms with Gasteiger partial charge in [-0.05, 0) is 12.1 Å². The molecule has 102 valence electrons. The van der Waals surface area contributed by atoms with Crippen molar-refractivity contribution in [3.05, 3.63) is 35.9 Å². The molecule has 0 fully saturated rings. The van der Waals surface area contributed by atoms with Crippen LogP contribution in [0.3, 0.4) is 0 Å². The molecule has 1 aromatic rings. The van der Waals surface area contributed by atoms with Crippen LogP contribution in [0.4, 0.5) is 4.79 Å². The molecule has 0 spiro atoms. The van der Waals surface area contributed by atoms with Gasteiger partial charge in [0.25, 0.3) is 5.91 Å². The first kappa shape index (κ1) is 14.7. The number of amides is 2. The molecule has 0 bridgehead atoms. The molecule has 1 aromatic carbocycles. The summed E-state index contributed by atoms with van der Waals surface area (Å²) in [6, 6.07) is 5.96. The average Bonchev–Trinajstić information content (AvgIpc) is 2.43. The number of hydrogen-bond acceptors (Lipinski definition) is 5. The van der Waals surface area contributed by atoms with E-state index in [1.165, 1.54) is 12.1 Å². The lowest BCUT2D eigenvalue weighted by Crippen LogP contribution is -2.50. The van der Waals surface area contributed by atoms with Crippen molar-refractivity contribution < 1.29 is 29.3 Å². The van der Waals surface area contributed by atoms with Crippen LogP contribution in [0.25, 0.3) is 0 Å². The van der Waals surface area contributed by atoms with Crippen molar-refractivity contribution in [1.82, 2.24) is 4.90 Å². The summed E-state index contributed by atoms with van der Waals surface area (Å²) < 4.78 is 4.38. The molecule has 0 aliphatic heterocycles. The number of aliphatic hydroxyl groups excluding tert-OH is 1. The van der Waals surface area contributed by atoms with Crippen LogP contribution >= 0.6 is 0 Å². The molecule has 7 nitrogen and oxygen atoms in total. The highest BCUT2D eigenvalue weighted by atomic mass is 16.5. The molecule has 2 N–H and O–H groups in total. The number of imide groups is 1. The van der Waals surface area contributed by atoms with Gasteiger partial charge in [0, 0.05) is 5.56 Å². The molecule has 0 aliphatic carbocycles. The molecule has 19 heavy (non-hydrogen) atoms. The predicted molar refractivity (Wildman–Crippen MR) is 63.5 cm³/mol. The monoisotopic (exact) mass is 267 g/mol. The number of carbonyl (C=O) groups excluding carboxylic acids is 2. The zero-order chi connectivity index (χ0) is 14.4. The molecule has 0 aliphatic rings. The van der Waals surface area contributed by atoms with Gasteiger partial charge >= 0.3 is 12.1 Å². The zero-order valence-corrected chi connectivity index (χ0v) is 10.1. The van der Waals surface area contributed by atoms with Crippen molar-refractivity contribution in [2.75, 3.05) is 13.7 Å². The summed E-state index contributed by atoms with van der Waals surface area (Å²) in [4.78, 5) is 35.0. The normalized spacial score (nSPS) is 11.5. The van der Waals surface area contributed by atoms with Crippen molar-refractivity contribution >= 4 is 18.0 Å². The van der Waals surface area contributed by atoms with E-state index >= 15 is 0 Å². The number of aliphatic carboxylic acids is 1. The molecule has 1 rings (SSSR count). The number of hydrogen-bond donors (Lipinski definition) is 2. The fraction of sp³-hybridized carbons (Fsp3) is 0.250. The van der Waals surface area contributed by atoms with Gasteiger partial charge in [0.1, 0.15) is 0 Å². The lowest BCUT2D eigenvalue weighted by atomic mass is 10.1. The highest BCUT2D eigenvalue weighted by molar-refractivity contribution is 6.05. The number of nitrogens with zero attached hydrogens (tertiary/aromatic N) is 1. The molecule has 0 saturated heterocycles. The largest absolute Gasteiger partial charge is 0.480 e. The Labute approximate surface area is 109 Å². The molecule has 7 heteroatoms. The number of ether oxygens (including phenoxy) is 1. The molecule has 1 unspecified atom stereocenters. The second kappa shape index (κ2) is 6.50. The number of aliphatic hydroxyl groups is 1. The van der Waals surface area contributed by atoms with Gasteiger partial charge in [0.2, 0.25) is 0 Å². The van der Waals surface area contributed by atoms with Gasteiger partial charge in [0.05, 0.1) is 13.7 Å². The number of methoxy groups -OCH3 is 1. The second-order valence-corrected chi connectivity index (χ2v) is 3.55. The number of benzene rings is 1. The molecular weight excluding hydrogens is 254 g/mol. The fourth-order valence-corrected chi connectivity index (χ4v) is 1.44. The highest BCUT2D eigenvalue weighted by Gasteiger charge is 2.35. The van der Waals surface area contributed by atoms with Crippen LogP contribution in [0.15, 0.2) is 30.3 Å². The number of rotatable bonds is 4.